The maximum atomic E-state index is 13.1. The first-order valence-corrected chi connectivity index (χ1v) is 5.38. The van der Waals surface area contributed by atoms with Crippen LogP contribution in [-0.4, -0.2) is 25.8 Å². The maximum absolute atomic E-state index is 13.1. The number of hydrogen-bond acceptors (Lipinski definition) is 3. The summed E-state index contributed by atoms with van der Waals surface area (Å²) in [6.07, 6.45) is 0.837. The van der Waals surface area contributed by atoms with Crippen LogP contribution in [0.1, 0.15) is 11.3 Å². The molecule has 1 N–H and O–H groups in total. The van der Waals surface area contributed by atoms with Crippen molar-refractivity contribution in [3.05, 3.63) is 28.3 Å². The van der Waals surface area contributed by atoms with Gasteiger partial charge in [-0.25, -0.2) is 9.78 Å². The highest BCUT2D eigenvalue weighted by atomic mass is 35.5. The van der Waals surface area contributed by atoms with Crippen LogP contribution < -0.4 is 0 Å². The van der Waals surface area contributed by atoms with Gasteiger partial charge < -0.3 is 5.11 Å². The molecule has 0 unspecified atom stereocenters. The maximum Gasteiger partial charge on any atom is 0.364 e. The molecule has 0 aliphatic carbocycles. The molecule has 2 aromatic heterocycles. The van der Waals surface area contributed by atoms with Crippen LogP contribution in [0.15, 0.2) is 11.9 Å². The van der Waals surface area contributed by atoms with E-state index in [1.54, 1.807) is 24.7 Å². The number of aliphatic carboxylic acids is 1. The standard InChI is InChI=1S/C11H9ClFN3O2/c1-5-7-3-6(4-8(13)11(17)18)9(12)14-10(7)16(2)15-5/h3-4H,1-2H3,(H,17,18). The van der Waals surface area contributed by atoms with Crippen molar-refractivity contribution in [2.24, 2.45) is 7.05 Å². The molecule has 0 saturated carbocycles. The molecule has 2 aromatic rings. The van der Waals surface area contributed by atoms with Crippen molar-refractivity contribution in [3.63, 3.8) is 0 Å². The van der Waals surface area contributed by atoms with E-state index in [1.165, 1.54) is 0 Å². The summed E-state index contributed by atoms with van der Waals surface area (Å²) in [5.41, 5.74) is 1.48. The van der Waals surface area contributed by atoms with Crippen LogP contribution in [-0.2, 0) is 11.8 Å². The highest BCUT2D eigenvalue weighted by molar-refractivity contribution is 6.31. The van der Waals surface area contributed by atoms with Crippen molar-refractivity contribution in [2.75, 3.05) is 0 Å². The van der Waals surface area contributed by atoms with Gasteiger partial charge >= 0.3 is 5.97 Å². The van der Waals surface area contributed by atoms with E-state index < -0.39 is 11.8 Å². The minimum atomic E-state index is -1.64. The molecule has 94 valence electrons. The summed E-state index contributed by atoms with van der Waals surface area (Å²) < 4.78 is 14.6. The Morgan fingerprint density at radius 1 is 1.61 bits per heavy atom. The van der Waals surface area contributed by atoms with E-state index in [0.717, 1.165) is 6.08 Å². The number of rotatable bonds is 2. The normalized spacial score (nSPS) is 12.1. The summed E-state index contributed by atoms with van der Waals surface area (Å²) in [6.45, 7) is 1.78. The third-order valence-electron chi connectivity index (χ3n) is 2.47. The smallest absolute Gasteiger partial charge is 0.364 e. The highest BCUT2D eigenvalue weighted by Crippen LogP contribution is 2.24. The Bertz CT molecular complexity index is 678. The first kappa shape index (κ1) is 12.5. The molecule has 5 nitrogen and oxygen atoms in total. The van der Waals surface area contributed by atoms with Crippen LogP contribution in [0.2, 0.25) is 5.15 Å². The number of halogens is 2. The van der Waals surface area contributed by atoms with Gasteiger partial charge in [-0.15, -0.1) is 0 Å². The Balaban J connectivity index is 2.66. The molecule has 0 atom stereocenters. The second-order valence-corrected chi connectivity index (χ2v) is 4.10. The van der Waals surface area contributed by atoms with E-state index in [-0.39, 0.29) is 10.7 Å². The molecule has 2 heterocycles. The van der Waals surface area contributed by atoms with Crippen LogP contribution in [0.25, 0.3) is 17.1 Å². The average molecular weight is 270 g/mol. The summed E-state index contributed by atoms with van der Waals surface area (Å²) in [5, 5.41) is 13.4. The molecule has 0 aliphatic heterocycles. The zero-order valence-corrected chi connectivity index (χ0v) is 10.4. The van der Waals surface area contributed by atoms with Gasteiger partial charge in [0.2, 0.25) is 5.83 Å². The fourth-order valence-corrected chi connectivity index (χ4v) is 1.83. The molecular formula is C11H9ClFN3O2. The molecule has 0 aromatic carbocycles. The third-order valence-corrected chi connectivity index (χ3v) is 2.77. The molecule has 18 heavy (non-hydrogen) atoms. The predicted octanol–water partition coefficient (Wildman–Crippen LogP) is 2.33. The quantitative estimate of drug-likeness (QED) is 0.671. The highest BCUT2D eigenvalue weighted by Gasteiger charge is 2.12. The van der Waals surface area contributed by atoms with Crippen LogP contribution in [0, 0.1) is 6.92 Å². The van der Waals surface area contributed by atoms with Gasteiger partial charge in [0.25, 0.3) is 0 Å². The molecule has 0 bridgehead atoms. The van der Waals surface area contributed by atoms with Crippen molar-refractivity contribution in [1.82, 2.24) is 14.8 Å². The number of aryl methyl sites for hydroxylation is 2. The van der Waals surface area contributed by atoms with Gasteiger partial charge in [0, 0.05) is 18.0 Å². The van der Waals surface area contributed by atoms with E-state index in [1.807, 2.05) is 0 Å². The van der Waals surface area contributed by atoms with Crippen molar-refractivity contribution in [3.8, 4) is 0 Å². The topological polar surface area (TPSA) is 68.0 Å². The van der Waals surface area contributed by atoms with Gasteiger partial charge in [-0.05, 0) is 19.1 Å². The van der Waals surface area contributed by atoms with Crippen LogP contribution in [0.4, 0.5) is 4.39 Å². The van der Waals surface area contributed by atoms with Gasteiger partial charge in [0.15, 0.2) is 5.65 Å². The number of fused-ring (bicyclic) bond motifs is 1. The van der Waals surface area contributed by atoms with Crippen molar-refractivity contribution >= 4 is 34.7 Å². The Morgan fingerprint density at radius 2 is 2.28 bits per heavy atom. The van der Waals surface area contributed by atoms with Gasteiger partial charge in [0.1, 0.15) is 5.15 Å². The lowest BCUT2D eigenvalue weighted by Gasteiger charge is -2.00. The summed E-state index contributed by atoms with van der Waals surface area (Å²) >= 11 is 5.88. The fourth-order valence-electron chi connectivity index (χ4n) is 1.64. The molecule has 0 saturated heterocycles. The Labute approximate surface area is 106 Å². The summed E-state index contributed by atoms with van der Waals surface area (Å²) in [4.78, 5) is 14.5. The Hall–Kier alpha value is -1.95. The minimum Gasteiger partial charge on any atom is -0.476 e. The lowest BCUT2D eigenvalue weighted by atomic mass is 10.2. The number of aromatic nitrogens is 3. The minimum absolute atomic E-state index is 0.0295. The van der Waals surface area contributed by atoms with Gasteiger partial charge in [0.05, 0.1) is 5.69 Å². The molecule has 7 heteroatoms. The first-order valence-electron chi connectivity index (χ1n) is 5.00. The second-order valence-electron chi connectivity index (χ2n) is 3.75. The number of carboxylic acid groups (broad SMARTS) is 1. The SMILES string of the molecule is Cc1nn(C)c2nc(Cl)c(C=C(F)C(=O)O)cc12. The number of pyridine rings is 1. The molecule has 0 amide bonds. The van der Waals surface area contributed by atoms with Gasteiger partial charge in [-0.1, -0.05) is 11.6 Å². The number of nitrogens with zero attached hydrogens (tertiary/aromatic N) is 3. The zero-order valence-electron chi connectivity index (χ0n) is 9.61. The first-order chi connectivity index (χ1) is 8.40. The summed E-state index contributed by atoms with van der Waals surface area (Å²) in [6, 6.07) is 1.56. The Kier molecular flexibility index (Phi) is 3.04. The third kappa shape index (κ3) is 2.06. The molecule has 2 rings (SSSR count). The van der Waals surface area contributed by atoms with Gasteiger partial charge in [-0.2, -0.15) is 9.49 Å². The lowest BCUT2D eigenvalue weighted by molar-refractivity contribution is -0.134. The van der Waals surface area contributed by atoms with E-state index >= 15 is 0 Å². The number of carbonyl (C=O) groups is 1. The van der Waals surface area contributed by atoms with Crippen molar-refractivity contribution in [2.45, 2.75) is 6.92 Å². The van der Waals surface area contributed by atoms with Crippen LogP contribution in [0.5, 0.6) is 0 Å². The van der Waals surface area contributed by atoms with Crippen LogP contribution in [0.3, 0.4) is 0 Å². The predicted molar refractivity (Wildman–Crippen MR) is 65.0 cm³/mol. The second kappa shape index (κ2) is 4.38. The number of carboxylic acids is 1. The Morgan fingerprint density at radius 3 is 2.89 bits per heavy atom. The number of hydrogen-bond donors (Lipinski definition) is 1. The van der Waals surface area contributed by atoms with Crippen molar-refractivity contribution < 1.29 is 14.3 Å². The van der Waals surface area contributed by atoms with Crippen LogP contribution >= 0.6 is 11.6 Å². The van der Waals surface area contributed by atoms with E-state index in [4.69, 9.17) is 16.7 Å². The van der Waals surface area contributed by atoms with E-state index in [0.29, 0.717) is 16.7 Å². The molecule has 0 spiro atoms. The van der Waals surface area contributed by atoms with E-state index in [2.05, 4.69) is 10.1 Å². The van der Waals surface area contributed by atoms with Crippen molar-refractivity contribution in [1.29, 1.82) is 0 Å². The molecule has 0 fully saturated rings. The summed E-state index contributed by atoms with van der Waals surface area (Å²) in [7, 11) is 1.71. The van der Waals surface area contributed by atoms with Gasteiger partial charge in [-0.3, -0.25) is 4.68 Å². The average Bonchev–Trinajstić information content (AvgIpc) is 2.55. The molecule has 0 radical (unpaired) electrons. The van der Waals surface area contributed by atoms with E-state index in [9.17, 15) is 9.18 Å². The largest absolute Gasteiger partial charge is 0.476 e. The monoisotopic (exact) mass is 269 g/mol. The lowest BCUT2D eigenvalue weighted by Crippen LogP contribution is -1.96. The molecular weight excluding hydrogens is 261 g/mol. The zero-order chi connectivity index (χ0) is 13.4. The fraction of sp³-hybridized carbons (Fsp3) is 0.182. The molecule has 0 aliphatic rings. The summed E-state index contributed by atoms with van der Waals surface area (Å²) in [5.74, 6) is -2.94.